The Morgan fingerprint density at radius 2 is 1.93 bits per heavy atom. The molecule has 0 atom stereocenters. The van der Waals surface area contributed by atoms with Gasteiger partial charge in [0, 0.05) is 52.4 Å². The van der Waals surface area contributed by atoms with Crippen LogP contribution in [0.4, 0.5) is 10.6 Å². The van der Waals surface area contributed by atoms with Gasteiger partial charge in [-0.1, -0.05) is 0 Å². The molecule has 27 heavy (non-hydrogen) atoms. The zero-order chi connectivity index (χ0) is 20.0. The Morgan fingerprint density at radius 1 is 1.26 bits per heavy atom. The van der Waals surface area contributed by atoms with Crippen molar-refractivity contribution in [3.05, 3.63) is 23.9 Å². The molecule has 1 aliphatic heterocycles. The highest BCUT2D eigenvalue weighted by Crippen LogP contribution is 2.15. The lowest BCUT2D eigenvalue weighted by molar-refractivity contribution is -0.131. The molecular formula is C19H27N5O3. The van der Waals surface area contributed by atoms with Gasteiger partial charge in [-0.05, 0) is 32.9 Å². The number of anilines is 1. The van der Waals surface area contributed by atoms with Gasteiger partial charge in [-0.2, -0.15) is 5.26 Å². The molecule has 1 aliphatic rings. The van der Waals surface area contributed by atoms with Gasteiger partial charge in [-0.15, -0.1) is 0 Å². The number of pyridine rings is 1. The summed E-state index contributed by atoms with van der Waals surface area (Å²) in [5, 5.41) is 8.83. The molecule has 0 bridgehead atoms. The molecule has 1 saturated heterocycles. The van der Waals surface area contributed by atoms with E-state index in [1.807, 2.05) is 31.7 Å². The lowest BCUT2D eigenvalue weighted by Crippen LogP contribution is -2.49. The molecule has 0 aliphatic carbocycles. The molecule has 2 amide bonds. The number of carbonyl (C=O) groups excluding carboxylic acids is 2. The van der Waals surface area contributed by atoms with Crippen LogP contribution in [-0.4, -0.2) is 72.2 Å². The van der Waals surface area contributed by atoms with Crippen LogP contribution in [0.25, 0.3) is 0 Å². The van der Waals surface area contributed by atoms with E-state index in [1.165, 1.54) is 4.90 Å². The zero-order valence-electron chi connectivity index (χ0n) is 16.4. The van der Waals surface area contributed by atoms with Crippen molar-refractivity contribution in [3.63, 3.8) is 0 Å². The Balaban J connectivity index is 1.77. The highest BCUT2D eigenvalue weighted by atomic mass is 16.6. The highest BCUT2D eigenvalue weighted by molar-refractivity contribution is 5.77. The van der Waals surface area contributed by atoms with E-state index in [0.717, 1.165) is 5.82 Å². The van der Waals surface area contributed by atoms with Crippen molar-refractivity contribution in [2.24, 2.45) is 0 Å². The van der Waals surface area contributed by atoms with E-state index in [9.17, 15) is 9.59 Å². The summed E-state index contributed by atoms with van der Waals surface area (Å²) in [6.45, 7) is 8.35. The molecule has 2 rings (SSSR count). The van der Waals surface area contributed by atoms with Gasteiger partial charge in [0.25, 0.3) is 0 Å². The fourth-order valence-electron chi connectivity index (χ4n) is 2.68. The van der Waals surface area contributed by atoms with E-state index in [4.69, 9.17) is 10.00 Å². The van der Waals surface area contributed by atoms with E-state index < -0.39 is 11.7 Å². The van der Waals surface area contributed by atoms with Crippen molar-refractivity contribution in [2.45, 2.75) is 32.8 Å². The van der Waals surface area contributed by atoms with Crippen LogP contribution in [0.5, 0.6) is 0 Å². The van der Waals surface area contributed by atoms with Gasteiger partial charge in [0.15, 0.2) is 0 Å². The fraction of sp³-hybridized carbons (Fsp3) is 0.579. The predicted octanol–water partition coefficient (Wildman–Crippen LogP) is 1.86. The molecule has 0 unspecified atom stereocenters. The Bertz CT molecular complexity index is 698. The molecule has 8 nitrogen and oxygen atoms in total. The summed E-state index contributed by atoms with van der Waals surface area (Å²) in [6, 6.07) is 5.62. The van der Waals surface area contributed by atoms with Gasteiger partial charge >= 0.3 is 6.09 Å². The first kappa shape index (κ1) is 20.5. The summed E-state index contributed by atoms with van der Waals surface area (Å²) in [4.78, 5) is 34.0. The van der Waals surface area contributed by atoms with Gasteiger partial charge in [0.05, 0.1) is 5.56 Å². The van der Waals surface area contributed by atoms with E-state index in [2.05, 4.69) is 16.0 Å². The largest absolute Gasteiger partial charge is 0.444 e. The molecule has 1 fully saturated rings. The molecule has 2 heterocycles. The lowest BCUT2D eigenvalue weighted by atomic mass is 10.2. The van der Waals surface area contributed by atoms with Crippen LogP contribution in [0.15, 0.2) is 18.3 Å². The number of piperazine rings is 1. The van der Waals surface area contributed by atoms with Crippen LogP contribution in [0, 0.1) is 11.3 Å². The topological polar surface area (TPSA) is 89.8 Å². The van der Waals surface area contributed by atoms with E-state index >= 15 is 0 Å². The van der Waals surface area contributed by atoms with Crippen LogP contribution >= 0.6 is 0 Å². The average molecular weight is 373 g/mol. The third kappa shape index (κ3) is 6.13. The van der Waals surface area contributed by atoms with Crippen molar-refractivity contribution in [2.75, 3.05) is 44.7 Å². The van der Waals surface area contributed by atoms with Crippen LogP contribution in [0.2, 0.25) is 0 Å². The van der Waals surface area contributed by atoms with Gasteiger partial charge in [0.2, 0.25) is 5.91 Å². The van der Waals surface area contributed by atoms with Gasteiger partial charge in [0.1, 0.15) is 17.5 Å². The van der Waals surface area contributed by atoms with Crippen molar-refractivity contribution >= 4 is 17.8 Å². The van der Waals surface area contributed by atoms with Crippen molar-refractivity contribution in [3.8, 4) is 6.07 Å². The maximum Gasteiger partial charge on any atom is 0.410 e. The molecule has 1 aromatic rings. The Kier molecular flexibility index (Phi) is 6.61. The van der Waals surface area contributed by atoms with Crippen LogP contribution < -0.4 is 4.90 Å². The van der Waals surface area contributed by atoms with Crippen molar-refractivity contribution in [1.29, 1.82) is 5.26 Å². The summed E-state index contributed by atoms with van der Waals surface area (Å²) in [6.07, 6.45) is 1.40. The summed E-state index contributed by atoms with van der Waals surface area (Å²) >= 11 is 0. The maximum atomic E-state index is 12.4. The molecule has 0 aromatic carbocycles. The third-order valence-electron chi connectivity index (χ3n) is 4.20. The van der Waals surface area contributed by atoms with Crippen LogP contribution in [0.1, 0.15) is 32.8 Å². The quantitative estimate of drug-likeness (QED) is 0.800. The van der Waals surface area contributed by atoms with Gasteiger partial charge in [-0.3, -0.25) is 4.79 Å². The number of ether oxygens (including phenoxy) is 1. The first-order valence-electron chi connectivity index (χ1n) is 9.02. The SMILES string of the molecule is CN(CCC(=O)N1CCN(c2ccc(C#N)cn2)CC1)C(=O)OC(C)(C)C. The second-order valence-electron chi connectivity index (χ2n) is 7.54. The number of nitriles is 1. The van der Waals surface area contributed by atoms with Gasteiger partial charge in [-0.25, -0.2) is 9.78 Å². The van der Waals surface area contributed by atoms with E-state index in [1.54, 1.807) is 19.3 Å². The molecule has 0 radical (unpaired) electrons. The summed E-state index contributed by atoms with van der Waals surface area (Å²) < 4.78 is 5.29. The number of hydrogen-bond donors (Lipinski definition) is 0. The molecule has 0 saturated carbocycles. The van der Waals surface area contributed by atoms with Crippen LogP contribution in [0.3, 0.4) is 0 Å². The number of rotatable bonds is 4. The van der Waals surface area contributed by atoms with E-state index in [0.29, 0.717) is 38.3 Å². The van der Waals surface area contributed by atoms with Crippen molar-refractivity contribution in [1.82, 2.24) is 14.8 Å². The molecule has 8 heteroatoms. The predicted molar refractivity (Wildman–Crippen MR) is 101 cm³/mol. The zero-order valence-corrected chi connectivity index (χ0v) is 16.4. The minimum Gasteiger partial charge on any atom is -0.444 e. The monoisotopic (exact) mass is 373 g/mol. The third-order valence-corrected chi connectivity index (χ3v) is 4.20. The summed E-state index contributed by atoms with van der Waals surface area (Å²) in [5.74, 6) is 0.837. The first-order valence-corrected chi connectivity index (χ1v) is 9.02. The molecule has 1 aromatic heterocycles. The minimum absolute atomic E-state index is 0.0258. The summed E-state index contributed by atoms with van der Waals surface area (Å²) in [7, 11) is 1.63. The first-order chi connectivity index (χ1) is 12.7. The fourth-order valence-corrected chi connectivity index (χ4v) is 2.68. The second kappa shape index (κ2) is 8.71. The number of hydrogen-bond acceptors (Lipinski definition) is 6. The molecule has 0 N–H and O–H groups in total. The second-order valence-corrected chi connectivity index (χ2v) is 7.54. The highest BCUT2D eigenvalue weighted by Gasteiger charge is 2.24. The Labute approximate surface area is 160 Å². The number of amides is 2. The summed E-state index contributed by atoms with van der Waals surface area (Å²) in [5.41, 5.74) is -0.0211. The number of carbonyl (C=O) groups is 2. The molecule has 0 spiro atoms. The average Bonchev–Trinajstić information content (AvgIpc) is 2.64. The standard InChI is InChI=1S/C19H27N5O3/c1-19(2,3)27-18(26)22(4)8-7-17(25)24-11-9-23(10-12-24)16-6-5-15(13-20)14-21-16/h5-6,14H,7-12H2,1-4H3. The number of aromatic nitrogens is 1. The minimum atomic E-state index is -0.550. The molecule has 146 valence electrons. The Morgan fingerprint density at radius 3 is 2.44 bits per heavy atom. The lowest BCUT2D eigenvalue weighted by Gasteiger charge is -2.35. The number of nitrogens with zero attached hydrogens (tertiary/aromatic N) is 5. The van der Waals surface area contributed by atoms with E-state index in [-0.39, 0.29) is 12.3 Å². The van der Waals surface area contributed by atoms with Crippen LogP contribution in [-0.2, 0) is 9.53 Å². The Hall–Kier alpha value is -2.82. The smallest absolute Gasteiger partial charge is 0.410 e. The normalized spacial score (nSPS) is 14.5. The van der Waals surface area contributed by atoms with Gasteiger partial charge < -0.3 is 19.4 Å². The molecular weight excluding hydrogens is 346 g/mol. The van der Waals surface area contributed by atoms with Crippen molar-refractivity contribution < 1.29 is 14.3 Å². The maximum absolute atomic E-state index is 12.4.